The number of rotatable bonds is 6. The third-order valence-electron chi connectivity index (χ3n) is 10.3. The first-order valence-corrected chi connectivity index (χ1v) is 17.8. The van der Waals surface area contributed by atoms with Crippen molar-refractivity contribution in [2.45, 2.75) is 0 Å². The molecule has 52 heavy (non-hydrogen) atoms. The summed E-state index contributed by atoms with van der Waals surface area (Å²) in [6.07, 6.45) is 0. The maximum absolute atomic E-state index is 6.24. The van der Waals surface area contributed by atoms with E-state index in [1.165, 1.54) is 43.8 Å². The molecule has 10 rings (SSSR count). The van der Waals surface area contributed by atoms with Crippen LogP contribution in [-0.2, 0) is 0 Å². The molecule has 0 spiro atoms. The molecule has 0 saturated heterocycles. The second-order valence-corrected chi connectivity index (χ2v) is 13.3. The monoisotopic (exact) mass is 663 g/mol. The van der Waals surface area contributed by atoms with Gasteiger partial charge in [-0.25, -0.2) is 0 Å². The number of para-hydroxylation sites is 1. The van der Waals surface area contributed by atoms with Gasteiger partial charge in [-0.05, 0) is 110 Å². The minimum atomic E-state index is 0.903. The molecule has 1 heterocycles. The molecular formula is C50H33NO. The molecule has 0 saturated carbocycles. The Morgan fingerprint density at radius 1 is 0.288 bits per heavy atom. The van der Waals surface area contributed by atoms with E-state index in [4.69, 9.17) is 4.42 Å². The van der Waals surface area contributed by atoms with E-state index in [1.807, 2.05) is 12.1 Å². The van der Waals surface area contributed by atoms with Gasteiger partial charge in [-0.3, -0.25) is 0 Å². The topological polar surface area (TPSA) is 16.4 Å². The number of nitrogens with zero attached hydrogens (tertiary/aromatic N) is 1. The molecule has 0 amide bonds. The van der Waals surface area contributed by atoms with E-state index in [0.29, 0.717) is 0 Å². The Balaban J connectivity index is 1.14. The molecule has 0 unspecified atom stereocenters. The van der Waals surface area contributed by atoms with E-state index in [9.17, 15) is 0 Å². The van der Waals surface area contributed by atoms with Gasteiger partial charge in [0.2, 0.25) is 0 Å². The van der Waals surface area contributed by atoms with Gasteiger partial charge in [0, 0.05) is 27.8 Å². The smallest absolute Gasteiger partial charge is 0.136 e. The van der Waals surface area contributed by atoms with Crippen LogP contribution in [-0.4, -0.2) is 0 Å². The Kier molecular flexibility index (Phi) is 7.18. The van der Waals surface area contributed by atoms with E-state index in [0.717, 1.165) is 50.1 Å². The zero-order valence-electron chi connectivity index (χ0n) is 28.4. The quantitative estimate of drug-likeness (QED) is 0.165. The Morgan fingerprint density at radius 2 is 0.846 bits per heavy atom. The largest absolute Gasteiger partial charge is 0.456 e. The maximum atomic E-state index is 6.24. The molecule has 2 nitrogen and oxygen atoms in total. The van der Waals surface area contributed by atoms with Crippen LogP contribution in [0.1, 0.15) is 0 Å². The fraction of sp³-hybridized carbons (Fsp3) is 0. The second-order valence-electron chi connectivity index (χ2n) is 13.3. The molecule has 0 aliphatic heterocycles. The summed E-state index contributed by atoms with van der Waals surface area (Å²) in [7, 11) is 0. The van der Waals surface area contributed by atoms with E-state index in [-0.39, 0.29) is 0 Å². The van der Waals surface area contributed by atoms with Gasteiger partial charge < -0.3 is 9.32 Å². The van der Waals surface area contributed by atoms with Crippen LogP contribution >= 0.6 is 0 Å². The summed E-state index contributed by atoms with van der Waals surface area (Å²) in [6.45, 7) is 0. The summed E-state index contributed by atoms with van der Waals surface area (Å²) >= 11 is 0. The minimum absolute atomic E-state index is 0.903. The van der Waals surface area contributed by atoms with Gasteiger partial charge in [-0.2, -0.15) is 0 Å². The molecule has 0 bridgehead atoms. The Bertz CT molecular complexity index is 2890. The molecule has 0 aliphatic rings. The van der Waals surface area contributed by atoms with Crippen LogP contribution in [0.5, 0.6) is 0 Å². The van der Waals surface area contributed by atoms with Gasteiger partial charge in [0.25, 0.3) is 0 Å². The first-order chi connectivity index (χ1) is 25.8. The highest BCUT2D eigenvalue weighted by molar-refractivity contribution is 6.09. The lowest BCUT2D eigenvalue weighted by atomic mass is 9.93. The summed E-state index contributed by atoms with van der Waals surface area (Å²) in [6, 6.07) is 71.8. The predicted octanol–water partition coefficient (Wildman–Crippen LogP) is 14.4. The minimum Gasteiger partial charge on any atom is -0.456 e. The number of hydrogen-bond donors (Lipinski definition) is 0. The Labute approximate surface area is 302 Å². The van der Waals surface area contributed by atoms with Crippen LogP contribution in [0.15, 0.2) is 205 Å². The number of furan rings is 1. The highest BCUT2D eigenvalue weighted by Gasteiger charge is 2.18. The Hall–Kier alpha value is -6.90. The standard InChI is InChI=1S/C50H33NO/c1-3-11-35(12-4-1)44-30-28-42(33-47(44)36-13-5-2-6-14-36)51(41-27-23-38-20-19-37-15-7-8-16-43(37)48(38)32-41)40-25-21-34(22-26-40)39-24-29-46-45-17-9-10-18-49(45)52-50(46)31-39/h1-33H. The van der Waals surface area contributed by atoms with Crippen molar-refractivity contribution in [3.63, 3.8) is 0 Å². The van der Waals surface area contributed by atoms with Gasteiger partial charge in [0.05, 0.1) is 0 Å². The first kappa shape index (κ1) is 30.0. The van der Waals surface area contributed by atoms with E-state index in [2.05, 4.69) is 193 Å². The van der Waals surface area contributed by atoms with Crippen molar-refractivity contribution in [1.82, 2.24) is 0 Å². The van der Waals surface area contributed by atoms with Crippen molar-refractivity contribution in [3.8, 4) is 33.4 Å². The lowest BCUT2D eigenvalue weighted by Gasteiger charge is -2.27. The van der Waals surface area contributed by atoms with Crippen molar-refractivity contribution < 1.29 is 4.42 Å². The van der Waals surface area contributed by atoms with Gasteiger partial charge in [0.1, 0.15) is 11.2 Å². The number of anilines is 3. The normalized spacial score (nSPS) is 11.5. The van der Waals surface area contributed by atoms with Crippen molar-refractivity contribution in [1.29, 1.82) is 0 Å². The summed E-state index contributed by atoms with van der Waals surface area (Å²) < 4.78 is 6.24. The predicted molar refractivity (Wildman–Crippen MR) is 220 cm³/mol. The van der Waals surface area contributed by atoms with E-state index < -0.39 is 0 Å². The van der Waals surface area contributed by atoms with Crippen molar-refractivity contribution in [2.24, 2.45) is 0 Å². The van der Waals surface area contributed by atoms with Crippen molar-refractivity contribution >= 4 is 60.5 Å². The van der Waals surface area contributed by atoms with Crippen molar-refractivity contribution in [2.75, 3.05) is 4.90 Å². The molecule has 10 aromatic rings. The van der Waals surface area contributed by atoms with E-state index >= 15 is 0 Å². The summed E-state index contributed by atoms with van der Waals surface area (Å²) in [5.41, 5.74) is 12.1. The lowest BCUT2D eigenvalue weighted by molar-refractivity contribution is 0.669. The molecule has 0 atom stereocenters. The van der Waals surface area contributed by atoms with Gasteiger partial charge in [0.15, 0.2) is 0 Å². The molecule has 0 aliphatic carbocycles. The highest BCUT2D eigenvalue weighted by Crippen LogP contribution is 2.42. The fourth-order valence-corrected chi connectivity index (χ4v) is 7.68. The van der Waals surface area contributed by atoms with Crippen LogP contribution in [0.3, 0.4) is 0 Å². The second kappa shape index (κ2) is 12.5. The average molecular weight is 664 g/mol. The zero-order valence-corrected chi connectivity index (χ0v) is 28.4. The van der Waals surface area contributed by atoms with Crippen LogP contribution < -0.4 is 4.90 Å². The molecule has 1 aromatic heterocycles. The maximum Gasteiger partial charge on any atom is 0.136 e. The molecule has 0 radical (unpaired) electrons. The lowest BCUT2D eigenvalue weighted by Crippen LogP contribution is -2.10. The van der Waals surface area contributed by atoms with Crippen LogP contribution in [0.2, 0.25) is 0 Å². The van der Waals surface area contributed by atoms with Gasteiger partial charge in [-0.15, -0.1) is 0 Å². The third kappa shape index (κ3) is 5.21. The van der Waals surface area contributed by atoms with Gasteiger partial charge >= 0.3 is 0 Å². The van der Waals surface area contributed by atoms with Gasteiger partial charge in [-0.1, -0.05) is 146 Å². The molecule has 9 aromatic carbocycles. The number of hydrogen-bond acceptors (Lipinski definition) is 2. The molecular weight excluding hydrogens is 631 g/mol. The van der Waals surface area contributed by atoms with Crippen LogP contribution in [0.25, 0.3) is 76.9 Å². The van der Waals surface area contributed by atoms with Crippen LogP contribution in [0, 0.1) is 0 Å². The Morgan fingerprint density at radius 3 is 1.63 bits per heavy atom. The average Bonchev–Trinajstić information content (AvgIpc) is 3.60. The highest BCUT2D eigenvalue weighted by atomic mass is 16.3. The molecule has 2 heteroatoms. The van der Waals surface area contributed by atoms with E-state index in [1.54, 1.807) is 0 Å². The zero-order chi connectivity index (χ0) is 34.4. The summed E-state index contributed by atoms with van der Waals surface area (Å²) in [5, 5.41) is 7.24. The summed E-state index contributed by atoms with van der Waals surface area (Å²) in [5.74, 6) is 0. The molecule has 244 valence electrons. The third-order valence-corrected chi connectivity index (χ3v) is 10.3. The fourth-order valence-electron chi connectivity index (χ4n) is 7.68. The number of fused-ring (bicyclic) bond motifs is 6. The number of benzene rings is 9. The molecule has 0 N–H and O–H groups in total. The SMILES string of the molecule is c1ccc(-c2ccc(N(c3ccc(-c4ccc5c(c4)oc4ccccc45)cc3)c3ccc4ccc5ccccc5c4c3)cc2-c2ccccc2)cc1. The van der Waals surface area contributed by atoms with Crippen molar-refractivity contribution in [3.05, 3.63) is 200 Å². The summed E-state index contributed by atoms with van der Waals surface area (Å²) in [4.78, 5) is 2.38. The van der Waals surface area contributed by atoms with Crippen LogP contribution in [0.4, 0.5) is 17.1 Å². The first-order valence-electron chi connectivity index (χ1n) is 17.8. The molecule has 0 fully saturated rings.